The standard InChI is InChI=1S/C22H25FN2O4/c1-3-28-29-13-7-12-25-21-19(23)20(24)18-16(26)11-10-15(17(18)22(21)27-2)14-8-5-4-6-9-14/h4-6,8-11,15,25H,3,7,12-13,24H2,1-2H3. The van der Waals surface area contributed by atoms with E-state index in [2.05, 4.69) is 5.32 Å². The maximum absolute atomic E-state index is 15.1. The Kier molecular flexibility index (Phi) is 6.85. The van der Waals surface area contributed by atoms with Crippen molar-refractivity contribution < 1.29 is 23.7 Å². The van der Waals surface area contributed by atoms with Crippen LogP contribution < -0.4 is 15.8 Å². The number of carbonyl (C=O) groups excluding carboxylic acids is 1. The predicted octanol–water partition coefficient (Wildman–Crippen LogP) is 4.07. The van der Waals surface area contributed by atoms with Gasteiger partial charge in [-0.25, -0.2) is 14.2 Å². The summed E-state index contributed by atoms with van der Waals surface area (Å²) >= 11 is 0. The Morgan fingerprint density at radius 1 is 1.21 bits per heavy atom. The summed E-state index contributed by atoms with van der Waals surface area (Å²) in [6, 6.07) is 9.64. The fourth-order valence-electron chi connectivity index (χ4n) is 3.46. The van der Waals surface area contributed by atoms with E-state index < -0.39 is 5.82 Å². The molecule has 154 valence electrons. The number of benzene rings is 2. The average Bonchev–Trinajstić information content (AvgIpc) is 2.74. The van der Waals surface area contributed by atoms with Gasteiger partial charge in [0.25, 0.3) is 0 Å². The van der Waals surface area contributed by atoms with Crippen molar-refractivity contribution in [1.29, 1.82) is 0 Å². The number of fused-ring (bicyclic) bond motifs is 1. The molecule has 2 aromatic carbocycles. The number of rotatable bonds is 9. The normalized spacial score (nSPS) is 15.3. The largest absolute Gasteiger partial charge is 0.494 e. The van der Waals surface area contributed by atoms with E-state index >= 15 is 4.39 Å². The van der Waals surface area contributed by atoms with Gasteiger partial charge in [-0.15, -0.1) is 0 Å². The van der Waals surface area contributed by atoms with Crippen LogP contribution in [0.5, 0.6) is 5.75 Å². The van der Waals surface area contributed by atoms with Crippen LogP contribution in [0.4, 0.5) is 15.8 Å². The average molecular weight is 400 g/mol. The summed E-state index contributed by atoms with van der Waals surface area (Å²) < 4.78 is 20.6. The lowest BCUT2D eigenvalue weighted by Crippen LogP contribution is -2.19. The van der Waals surface area contributed by atoms with E-state index in [4.69, 9.17) is 20.2 Å². The van der Waals surface area contributed by atoms with Crippen LogP contribution >= 0.6 is 0 Å². The first-order chi connectivity index (χ1) is 14.1. The van der Waals surface area contributed by atoms with Crippen molar-refractivity contribution in [3.8, 4) is 5.75 Å². The van der Waals surface area contributed by atoms with Crippen molar-refractivity contribution in [2.75, 3.05) is 37.9 Å². The number of halogens is 1. The number of hydrogen-bond donors (Lipinski definition) is 2. The van der Waals surface area contributed by atoms with E-state index in [0.717, 1.165) is 5.56 Å². The highest BCUT2D eigenvalue weighted by Gasteiger charge is 2.33. The first-order valence-corrected chi connectivity index (χ1v) is 9.54. The molecule has 0 spiro atoms. The molecule has 0 bridgehead atoms. The minimum atomic E-state index is -0.693. The molecule has 0 fully saturated rings. The Morgan fingerprint density at radius 2 is 1.97 bits per heavy atom. The molecule has 0 radical (unpaired) electrons. The molecule has 29 heavy (non-hydrogen) atoms. The van der Waals surface area contributed by atoms with Crippen LogP contribution in [0.25, 0.3) is 0 Å². The molecule has 3 N–H and O–H groups in total. The van der Waals surface area contributed by atoms with Gasteiger partial charge in [-0.3, -0.25) is 4.79 Å². The number of allylic oxidation sites excluding steroid dienone is 2. The molecule has 1 atom stereocenters. The van der Waals surface area contributed by atoms with Gasteiger partial charge in [-0.1, -0.05) is 36.4 Å². The highest BCUT2D eigenvalue weighted by atomic mass is 19.1. The van der Waals surface area contributed by atoms with Gasteiger partial charge in [0.2, 0.25) is 0 Å². The van der Waals surface area contributed by atoms with Crippen molar-refractivity contribution in [2.45, 2.75) is 19.3 Å². The monoisotopic (exact) mass is 400 g/mol. The van der Waals surface area contributed by atoms with Crippen LogP contribution in [0.1, 0.15) is 40.7 Å². The summed E-state index contributed by atoms with van der Waals surface area (Å²) in [5, 5.41) is 3.04. The Hall–Kier alpha value is -2.90. The minimum absolute atomic E-state index is 0.143. The van der Waals surface area contributed by atoms with Crippen molar-refractivity contribution in [1.82, 2.24) is 0 Å². The second-order valence-electron chi connectivity index (χ2n) is 6.55. The third-order valence-corrected chi connectivity index (χ3v) is 4.73. The summed E-state index contributed by atoms with van der Waals surface area (Å²) in [6.45, 7) is 3.06. The minimum Gasteiger partial charge on any atom is -0.494 e. The van der Waals surface area contributed by atoms with Crippen LogP contribution in [0.3, 0.4) is 0 Å². The lowest BCUT2D eigenvalue weighted by Gasteiger charge is -2.27. The predicted molar refractivity (Wildman–Crippen MR) is 110 cm³/mol. The Bertz CT molecular complexity index is 900. The van der Waals surface area contributed by atoms with E-state index in [1.807, 2.05) is 37.3 Å². The van der Waals surface area contributed by atoms with Crippen molar-refractivity contribution in [3.05, 3.63) is 65.0 Å². The summed E-state index contributed by atoms with van der Waals surface area (Å²) in [7, 11) is 1.46. The smallest absolute Gasteiger partial charge is 0.188 e. The molecular weight excluding hydrogens is 375 g/mol. The SMILES string of the molecule is CCOOCCCNc1c(F)c(N)c2c(c1OC)C(c1ccccc1)C=CC2=O. The molecule has 0 saturated carbocycles. The molecule has 7 heteroatoms. The quantitative estimate of drug-likeness (QED) is 0.286. The van der Waals surface area contributed by atoms with Gasteiger partial charge in [0.15, 0.2) is 11.6 Å². The molecule has 0 heterocycles. The third-order valence-electron chi connectivity index (χ3n) is 4.73. The first kappa shape index (κ1) is 20.8. The van der Waals surface area contributed by atoms with Crippen LogP contribution in [0, 0.1) is 5.82 Å². The zero-order valence-electron chi connectivity index (χ0n) is 16.5. The van der Waals surface area contributed by atoms with Gasteiger partial charge in [0.1, 0.15) is 11.4 Å². The summed E-state index contributed by atoms with van der Waals surface area (Å²) in [4.78, 5) is 22.3. The molecular formula is C22H25FN2O4. The summed E-state index contributed by atoms with van der Waals surface area (Å²) in [6.07, 6.45) is 3.81. The van der Waals surface area contributed by atoms with Crippen LogP contribution in [0.15, 0.2) is 42.5 Å². The lowest BCUT2D eigenvalue weighted by molar-refractivity contribution is -0.291. The van der Waals surface area contributed by atoms with Gasteiger partial charge in [-0.05, 0) is 25.0 Å². The van der Waals surface area contributed by atoms with Gasteiger partial charge in [-0.2, -0.15) is 0 Å². The molecule has 0 amide bonds. The lowest BCUT2D eigenvalue weighted by atomic mass is 9.81. The van der Waals surface area contributed by atoms with E-state index in [0.29, 0.717) is 31.7 Å². The molecule has 0 saturated heterocycles. The number of nitrogens with two attached hydrogens (primary N) is 1. The van der Waals surface area contributed by atoms with E-state index in [9.17, 15) is 4.79 Å². The van der Waals surface area contributed by atoms with Gasteiger partial charge in [0.05, 0.1) is 31.6 Å². The Morgan fingerprint density at radius 3 is 2.66 bits per heavy atom. The fourth-order valence-corrected chi connectivity index (χ4v) is 3.46. The number of carbonyl (C=O) groups is 1. The van der Waals surface area contributed by atoms with E-state index in [1.54, 1.807) is 6.08 Å². The molecule has 1 aliphatic rings. The van der Waals surface area contributed by atoms with Crippen LogP contribution in [-0.4, -0.2) is 32.7 Å². The Balaban J connectivity index is 2.00. The van der Waals surface area contributed by atoms with E-state index in [1.165, 1.54) is 13.2 Å². The molecule has 2 aromatic rings. The second kappa shape index (κ2) is 9.54. The van der Waals surface area contributed by atoms with Gasteiger partial charge < -0.3 is 15.8 Å². The van der Waals surface area contributed by atoms with Gasteiger partial charge >= 0.3 is 0 Å². The highest BCUT2D eigenvalue weighted by Crippen LogP contribution is 2.47. The van der Waals surface area contributed by atoms with Crippen molar-refractivity contribution in [3.63, 3.8) is 0 Å². The number of hydrogen-bond acceptors (Lipinski definition) is 6. The molecule has 0 aromatic heterocycles. The molecule has 3 rings (SSSR count). The Labute approximate surface area is 169 Å². The highest BCUT2D eigenvalue weighted by molar-refractivity contribution is 6.12. The number of anilines is 2. The summed E-state index contributed by atoms with van der Waals surface area (Å²) in [5.74, 6) is -1.02. The maximum atomic E-state index is 15.1. The van der Waals surface area contributed by atoms with Gasteiger partial charge in [0, 0.05) is 18.0 Å². The molecule has 1 aliphatic carbocycles. The van der Waals surface area contributed by atoms with Crippen molar-refractivity contribution in [2.24, 2.45) is 0 Å². The second-order valence-corrected chi connectivity index (χ2v) is 6.55. The first-order valence-electron chi connectivity index (χ1n) is 9.54. The topological polar surface area (TPSA) is 82.8 Å². The van der Waals surface area contributed by atoms with E-state index in [-0.39, 0.29) is 34.4 Å². The summed E-state index contributed by atoms with van der Waals surface area (Å²) in [5.41, 5.74) is 7.70. The number of methoxy groups -OCH3 is 1. The fraction of sp³-hybridized carbons (Fsp3) is 0.318. The number of nitrogens with one attached hydrogen (secondary N) is 1. The number of ether oxygens (including phenoxy) is 1. The zero-order chi connectivity index (χ0) is 20.8. The molecule has 6 nitrogen and oxygen atoms in total. The number of ketones is 1. The maximum Gasteiger partial charge on any atom is 0.188 e. The van der Waals surface area contributed by atoms with Crippen LogP contribution in [0.2, 0.25) is 0 Å². The zero-order valence-corrected chi connectivity index (χ0v) is 16.5. The molecule has 1 unspecified atom stereocenters. The van der Waals surface area contributed by atoms with Crippen molar-refractivity contribution >= 4 is 17.2 Å². The third kappa shape index (κ3) is 4.26. The van der Waals surface area contributed by atoms with Crippen LogP contribution in [-0.2, 0) is 9.78 Å². The number of nitrogen functional groups attached to an aromatic ring is 1. The molecule has 0 aliphatic heterocycles.